The third-order valence-electron chi connectivity index (χ3n) is 3.86. The Morgan fingerprint density at radius 1 is 1.13 bits per heavy atom. The minimum absolute atomic E-state index is 0.328. The number of rotatable bonds is 3. The van der Waals surface area contributed by atoms with Gasteiger partial charge in [-0.05, 0) is 13.8 Å². The summed E-state index contributed by atoms with van der Waals surface area (Å²) in [4.78, 5) is 4.07. The van der Waals surface area contributed by atoms with Gasteiger partial charge in [0.15, 0.2) is 0 Å². The Labute approximate surface area is 134 Å². The maximum Gasteiger partial charge on any atom is 0.445 e. The summed E-state index contributed by atoms with van der Waals surface area (Å²) in [5.74, 6) is 0.809. The lowest BCUT2D eigenvalue weighted by Crippen LogP contribution is -2.46. The molecule has 0 saturated carbocycles. The molecule has 1 aliphatic rings. The van der Waals surface area contributed by atoms with E-state index >= 15 is 0 Å². The SMILES string of the molecule is Cc1noc(C)c1CN1CCN(c2nnc(C(F)(F)F)s2)CC1. The number of nitrogens with zero attached hydrogens (tertiary/aromatic N) is 5. The topological polar surface area (TPSA) is 58.3 Å². The molecule has 0 radical (unpaired) electrons. The molecule has 1 fully saturated rings. The van der Waals surface area contributed by atoms with Crippen LogP contribution in [0.5, 0.6) is 0 Å². The summed E-state index contributed by atoms with van der Waals surface area (Å²) in [7, 11) is 0. The van der Waals surface area contributed by atoms with Crippen molar-refractivity contribution in [2.45, 2.75) is 26.6 Å². The van der Waals surface area contributed by atoms with E-state index in [9.17, 15) is 13.2 Å². The smallest absolute Gasteiger partial charge is 0.361 e. The van der Waals surface area contributed by atoms with E-state index in [1.807, 2.05) is 18.7 Å². The van der Waals surface area contributed by atoms with Crippen LogP contribution in [0.4, 0.5) is 18.3 Å². The Bertz CT molecular complexity index is 656. The molecule has 126 valence electrons. The van der Waals surface area contributed by atoms with Crippen molar-refractivity contribution in [3.63, 3.8) is 0 Å². The first kappa shape index (κ1) is 16.2. The van der Waals surface area contributed by atoms with E-state index in [0.717, 1.165) is 36.7 Å². The van der Waals surface area contributed by atoms with E-state index in [4.69, 9.17) is 4.52 Å². The molecule has 2 aromatic rings. The van der Waals surface area contributed by atoms with Gasteiger partial charge in [0, 0.05) is 38.3 Å². The Morgan fingerprint density at radius 3 is 2.35 bits per heavy atom. The molecule has 1 saturated heterocycles. The normalized spacial score (nSPS) is 17.0. The zero-order chi connectivity index (χ0) is 16.6. The Hall–Kier alpha value is -1.68. The van der Waals surface area contributed by atoms with E-state index in [1.165, 1.54) is 0 Å². The first-order valence-electron chi connectivity index (χ1n) is 7.14. The molecule has 0 spiro atoms. The molecule has 0 N–H and O–H groups in total. The van der Waals surface area contributed by atoms with Gasteiger partial charge in [-0.1, -0.05) is 16.5 Å². The van der Waals surface area contributed by atoms with Gasteiger partial charge in [0.2, 0.25) is 10.1 Å². The first-order valence-corrected chi connectivity index (χ1v) is 7.96. The molecule has 0 bridgehead atoms. The van der Waals surface area contributed by atoms with E-state index < -0.39 is 11.2 Å². The second-order valence-corrected chi connectivity index (χ2v) is 6.41. The largest absolute Gasteiger partial charge is 0.445 e. The second kappa shape index (κ2) is 6.08. The van der Waals surface area contributed by atoms with Crippen molar-refractivity contribution in [2.75, 3.05) is 31.1 Å². The molecular formula is C13H16F3N5OS. The van der Waals surface area contributed by atoms with E-state index in [-0.39, 0.29) is 0 Å². The molecule has 23 heavy (non-hydrogen) atoms. The van der Waals surface area contributed by atoms with Crippen LogP contribution in [0.25, 0.3) is 0 Å². The monoisotopic (exact) mass is 347 g/mol. The van der Waals surface area contributed by atoms with Crippen LogP contribution in [0.1, 0.15) is 22.0 Å². The fourth-order valence-corrected chi connectivity index (χ4v) is 3.27. The molecule has 10 heteroatoms. The molecule has 3 heterocycles. The number of hydrogen-bond acceptors (Lipinski definition) is 7. The highest BCUT2D eigenvalue weighted by atomic mass is 32.1. The molecule has 0 atom stereocenters. The zero-order valence-electron chi connectivity index (χ0n) is 12.7. The summed E-state index contributed by atoms with van der Waals surface area (Å²) in [5, 5.41) is 10.3. The first-order chi connectivity index (χ1) is 10.8. The highest BCUT2D eigenvalue weighted by Crippen LogP contribution is 2.34. The van der Waals surface area contributed by atoms with Gasteiger partial charge in [0.25, 0.3) is 0 Å². The Morgan fingerprint density at radius 2 is 1.83 bits per heavy atom. The number of aryl methyl sites for hydroxylation is 2. The van der Waals surface area contributed by atoms with Crippen molar-refractivity contribution in [2.24, 2.45) is 0 Å². The average Bonchev–Trinajstić information content (AvgIpc) is 3.10. The molecule has 6 nitrogen and oxygen atoms in total. The van der Waals surface area contributed by atoms with Gasteiger partial charge in [-0.15, -0.1) is 10.2 Å². The number of piperazine rings is 1. The fourth-order valence-electron chi connectivity index (χ4n) is 2.51. The summed E-state index contributed by atoms with van der Waals surface area (Å²) >= 11 is 0.593. The summed E-state index contributed by atoms with van der Waals surface area (Å²) in [5.41, 5.74) is 1.96. The molecule has 1 aliphatic heterocycles. The van der Waals surface area contributed by atoms with Gasteiger partial charge in [-0.2, -0.15) is 13.2 Å². The van der Waals surface area contributed by atoms with Crippen LogP contribution in [0.3, 0.4) is 0 Å². The van der Waals surface area contributed by atoms with Crippen LogP contribution >= 0.6 is 11.3 Å². The van der Waals surface area contributed by atoms with E-state index in [1.54, 1.807) is 0 Å². The molecule has 0 amide bonds. The van der Waals surface area contributed by atoms with Crippen molar-refractivity contribution in [1.82, 2.24) is 20.3 Å². The molecule has 0 aromatic carbocycles. The third kappa shape index (κ3) is 3.47. The predicted molar refractivity (Wildman–Crippen MR) is 78.4 cm³/mol. The lowest BCUT2D eigenvalue weighted by Gasteiger charge is -2.34. The number of aromatic nitrogens is 3. The van der Waals surface area contributed by atoms with Crippen LogP contribution in [-0.2, 0) is 12.7 Å². The lowest BCUT2D eigenvalue weighted by atomic mass is 10.2. The number of halogens is 3. The van der Waals surface area contributed by atoms with Gasteiger partial charge in [-0.3, -0.25) is 4.90 Å². The summed E-state index contributed by atoms with van der Waals surface area (Å²) in [6.07, 6.45) is -4.43. The molecule has 0 unspecified atom stereocenters. The number of anilines is 1. The fraction of sp³-hybridized carbons (Fsp3) is 0.615. The van der Waals surface area contributed by atoms with Gasteiger partial charge in [0.1, 0.15) is 5.76 Å². The Kier molecular flexibility index (Phi) is 4.28. The van der Waals surface area contributed by atoms with Crippen molar-refractivity contribution < 1.29 is 17.7 Å². The van der Waals surface area contributed by atoms with Crippen LogP contribution < -0.4 is 4.90 Å². The summed E-state index contributed by atoms with van der Waals surface area (Å²) in [6, 6.07) is 0. The zero-order valence-corrected chi connectivity index (χ0v) is 13.5. The van der Waals surface area contributed by atoms with Gasteiger partial charge in [0.05, 0.1) is 5.69 Å². The number of hydrogen-bond donors (Lipinski definition) is 0. The summed E-state index contributed by atoms with van der Waals surface area (Å²) < 4.78 is 42.9. The minimum Gasteiger partial charge on any atom is -0.361 e. The Balaban J connectivity index is 1.59. The average molecular weight is 347 g/mol. The van der Waals surface area contributed by atoms with Crippen molar-refractivity contribution >= 4 is 16.5 Å². The second-order valence-electron chi connectivity index (χ2n) is 5.45. The minimum atomic E-state index is -4.43. The quantitative estimate of drug-likeness (QED) is 0.850. The standard InChI is InChI=1S/C13H16F3N5OS/c1-8-10(9(2)22-19-8)7-20-3-5-21(6-4-20)12-18-17-11(23-12)13(14,15)16/h3-7H2,1-2H3. The van der Waals surface area contributed by atoms with Gasteiger partial charge >= 0.3 is 6.18 Å². The van der Waals surface area contributed by atoms with Crippen LogP contribution in [0.2, 0.25) is 0 Å². The van der Waals surface area contributed by atoms with Crippen molar-refractivity contribution in [3.8, 4) is 0 Å². The van der Waals surface area contributed by atoms with Crippen LogP contribution in [-0.4, -0.2) is 46.4 Å². The van der Waals surface area contributed by atoms with E-state index in [2.05, 4.69) is 20.3 Å². The molecule has 0 aliphatic carbocycles. The van der Waals surface area contributed by atoms with E-state index in [0.29, 0.717) is 29.6 Å². The van der Waals surface area contributed by atoms with Crippen molar-refractivity contribution in [3.05, 3.63) is 22.0 Å². The third-order valence-corrected chi connectivity index (χ3v) is 4.89. The maximum atomic E-state index is 12.6. The summed E-state index contributed by atoms with van der Waals surface area (Å²) in [6.45, 7) is 7.24. The van der Waals surface area contributed by atoms with Gasteiger partial charge < -0.3 is 9.42 Å². The van der Waals surface area contributed by atoms with Gasteiger partial charge in [-0.25, -0.2) is 0 Å². The van der Waals surface area contributed by atoms with Crippen LogP contribution in [0, 0.1) is 13.8 Å². The highest BCUT2D eigenvalue weighted by Gasteiger charge is 2.36. The lowest BCUT2D eigenvalue weighted by molar-refractivity contribution is -0.138. The molecular weight excluding hydrogens is 331 g/mol. The van der Waals surface area contributed by atoms with Crippen LogP contribution in [0.15, 0.2) is 4.52 Å². The number of alkyl halides is 3. The van der Waals surface area contributed by atoms with Crippen molar-refractivity contribution in [1.29, 1.82) is 0 Å². The molecule has 2 aromatic heterocycles. The molecule has 3 rings (SSSR count). The maximum absolute atomic E-state index is 12.6. The predicted octanol–water partition coefficient (Wildman–Crippen LogP) is 2.48. The highest BCUT2D eigenvalue weighted by molar-refractivity contribution is 7.15.